The van der Waals surface area contributed by atoms with E-state index >= 15 is 0 Å². The summed E-state index contributed by atoms with van der Waals surface area (Å²) in [4.78, 5) is 25.4. The standard InChI is InChI=1S/C19H28N2O4.C2H6/c1-19(2,3)25-18(23)21-10-8-14(9-11-21)13-20-16-7-5-6-15(12-16)17(22)24-4;1-2/h5-7,12,14,20H,8-11,13H2,1-4H3;1-2H3. The quantitative estimate of drug-likeness (QED) is 0.778. The highest BCUT2D eigenvalue weighted by Crippen LogP contribution is 2.21. The third kappa shape index (κ3) is 7.89. The molecule has 27 heavy (non-hydrogen) atoms. The van der Waals surface area contributed by atoms with E-state index in [1.807, 2.05) is 46.8 Å². The van der Waals surface area contributed by atoms with E-state index in [9.17, 15) is 9.59 Å². The van der Waals surface area contributed by atoms with Crippen LogP contribution in [0.2, 0.25) is 0 Å². The number of likely N-dealkylation sites (tertiary alicyclic amines) is 1. The van der Waals surface area contributed by atoms with E-state index in [2.05, 4.69) is 5.32 Å². The molecule has 1 amide bonds. The van der Waals surface area contributed by atoms with Gasteiger partial charge in [-0.25, -0.2) is 9.59 Å². The Bertz CT molecular complexity index is 602. The largest absolute Gasteiger partial charge is 0.465 e. The highest BCUT2D eigenvalue weighted by molar-refractivity contribution is 5.90. The Morgan fingerprint density at radius 1 is 1.19 bits per heavy atom. The van der Waals surface area contributed by atoms with Crippen LogP contribution in [0.4, 0.5) is 10.5 Å². The fourth-order valence-electron chi connectivity index (χ4n) is 2.78. The van der Waals surface area contributed by atoms with Crippen molar-refractivity contribution in [3.05, 3.63) is 29.8 Å². The molecule has 2 rings (SSSR count). The number of ether oxygens (including phenoxy) is 2. The first-order valence-electron chi connectivity index (χ1n) is 9.68. The van der Waals surface area contributed by atoms with Crippen LogP contribution in [0.1, 0.15) is 57.8 Å². The van der Waals surface area contributed by atoms with Crippen LogP contribution in [-0.2, 0) is 9.47 Å². The van der Waals surface area contributed by atoms with Gasteiger partial charge < -0.3 is 19.7 Å². The molecule has 6 nitrogen and oxygen atoms in total. The predicted octanol–water partition coefficient (Wildman–Crippen LogP) is 4.56. The Morgan fingerprint density at radius 3 is 2.37 bits per heavy atom. The lowest BCUT2D eigenvalue weighted by Crippen LogP contribution is -2.42. The maximum atomic E-state index is 12.1. The number of carbonyl (C=O) groups excluding carboxylic acids is 2. The number of carbonyl (C=O) groups is 2. The summed E-state index contributed by atoms with van der Waals surface area (Å²) in [7, 11) is 1.38. The van der Waals surface area contributed by atoms with E-state index in [1.54, 1.807) is 17.0 Å². The lowest BCUT2D eigenvalue weighted by molar-refractivity contribution is 0.0188. The minimum Gasteiger partial charge on any atom is -0.465 e. The monoisotopic (exact) mass is 378 g/mol. The molecule has 0 unspecified atom stereocenters. The van der Waals surface area contributed by atoms with Crippen molar-refractivity contribution in [2.45, 2.75) is 53.1 Å². The van der Waals surface area contributed by atoms with Crippen molar-refractivity contribution < 1.29 is 19.1 Å². The van der Waals surface area contributed by atoms with Gasteiger partial charge in [-0.05, 0) is 57.7 Å². The van der Waals surface area contributed by atoms with Gasteiger partial charge in [0.2, 0.25) is 0 Å². The molecule has 1 heterocycles. The molecular weight excluding hydrogens is 344 g/mol. The number of rotatable bonds is 4. The number of hydrogen-bond donors (Lipinski definition) is 1. The third-order valence-corrected chi connectivity index (χ3v) is 4.14. The molecule has 0 bridgehead atoms. The van der Waals surface area contributed by atoms with E-state index < -0.39 is 5.60 Å². The lowest BCUT2D eigenvalue weighted by atomic mass is 9.97. The van der Waals surface area contributed by atoms with Crippen LogP contribution in [0.25, 0.3) is 0 Å². The highest BCUT2D eigenvalue weighted by Gasteiger charge is 2.26. The molecule has 0 atom stereocenters. The van der Waals surface area contributed by atoms with Crippen molar-refractivity contribution in [1.82, 2.24) is 4.90 Å². The van der Waals surface area contributed by atoms with Crippen molar-refractivity contribution in [3.8, 4) is 0 Å². The van der Waals surface area contributed by atoms with E-state index in [0.29, 0.717) is 24.6 Å². The van der Waals surface area contributed by atoms with Gasteiger partial charge in [-0.15, -0.1) is 0 Å². The zero-order valence-electron chi connectivity index (χ0n) is 17.5. The first kappa shape index (κ1) is 22.8. The van der Waals surface area contributed by atoms with Gasteiger partial charge >= 0.3 is 12.1 Å². The van der Waals surface area contributed by atoms with Gasteiger partial charge in [-0.3, -0.25) is 0 Å². The molecule has 0 aromatic heterocycles. The molecule has 0 aliphatic carbocycles. The van der Waals surface area contributed by atoms with Gasteiger partial charge in [-0.1, -0.05) is 19.9 Å². The molecule has 0 radical (unpaired) electrons. The summed E-state index contributed by atoms with van der Waals surface area (Å²) in [6.07, 6.45) is 1.64. The number of benzene rings is 1. The van der Waals surface area contributed by atoms with E-state index in [0.717, 1.165) is 25.1 Å². The second kappa shape index (κ2) is 10.8. The molecule has 0 saturated carbocycles. The Morgan fingerprint density at radius 2 is 1.81 bits per heavy atom. The molecule has 152 valence electrons. The van der Waals surface area contributed by atoms with Crippen LogP contribution in [0.15, 0.2) is 24.3 Å². The number of anilines is 1. The number of hydrogen-bond acceptors (Lipinski definition) is 5. The van der Waals surface area contributed by atoms with Gasteiger partial charge in [0.1, 0.15) is 5.60 Å². The zero-order valence-corrected chi connectivity index (χ0v) is 17.5. The van der Waals surface area contributed by atoms with Crippen molar-refractivity contribution in [1.29, 1.82) is 0 Å². The van der Waals surface area contributed by atoms with E-state index in [4.69, 9.17) is 9.47 Å². The summed E-state index contributed by atoms with van der Waals surface area (Å²) >= 11 is 0. The smallest absolute Gasteiger partial charge is 0.410 e. The van der Waals surface area contributed by atoms with Crippen molar-refractivity contribution in [2.75, 3.05) is 32.1 Å². The van der Waals surface area contributed by atoms with Crippen LogP contribution >= 0.6 is 0 Å². The van der Waals surface area contributed by atoms with E-state index in [-0.39, 0.29) is 12.1 Å². The van der Waals surface area contributed by atoms with Gasteiger partial charge in [0.15, 0.2) is 0 Å². The number of nitrogens with one attached hydrogen (secondary N) is 1. The first-order valence-corrected chi connectivity index (χ1v) is 9.68. The number of nitrogens with zero attached hydrogens (tertiary/aromatic N) is 1. The zero-order chi connectivity index (χ0) is 20.4. The second-order valence-electron chi connectivity index (χ2n) is 7.36. The van der Waals surface area contributed by atoms with Crippen LogP contribution < -0.4 is 5.32 Å². The summed E-state index contributed by atoms with van der Waals surface area (Å²) < 4.78 is 10.2. The van der Waals surface area contributed by atoms with Crippen LogP contribution in [0.5, 0.6) is 0 Å². The fourth-order valence-corrected chi connectivity index (χ4v) is 2.78. The first-order chi connectivity index (χ1) is 12.8. The SMILES string of the molecule is CC.COC(=O)c1cccc(NCC2CCN(C(=O)OC(C)(C)C)CC2)c1. The Hall–Kier alpha value is -2.24. The molecule has 1 N–H and O–H groups in total. The summed E-state index contributed by atoms with van der Waals surface area (Å²) in [6, 6.07) is 7.29. The van der Waals surface area contributed by atoms with Gasteiger partial charge in [0, 0.05) is 25.3 Å². The molecule has 1 saturated heterocycles. The molecule has 1 aliphatic heterocycles. The lowest BCUT2D eigenvalue weighted by Gasteiger charge is -2.33. The fraction of sp³-hybridized carbons (Fsp3) is 0.619. The molecular formula is C21H34N2O4. The molecule has 1 fully saturated rings. The van der Waals surface area contributed by atoms with E-state index in [1.165, 1.54) is 7.11 Å². The normalized spacial score (nSPS) is 14.7. The van der Waals surface area contributed by atoms with Gasteiger partial charge in [-0.2, -0.15) is 0 Å². The maximum absolute atomic E-state index is 12.1. The van der Waals surface area contributed by atoms with Gasteiger partial charge in [0.25, 0.3) is 0 Å². The molecule has 1 aliphatic rings. The van der Waals surface area contributed by atoms with Crippen molar-refractivity contribution in [3.63, 3.8) is 0 Å². The van der Waals surface area contributed by atoms with Crippen LogP contribution in [0, 0.1) is 5.92 Å². The molecule has 0 spiro atoms. The van der Waals surface area contributed by atoms with Gasteiger partial charge in [0.05, 0.1) is 12.7 Å². The Kier molecular flexibility index (Phi) is 9.12. The molecule has 1 aromatic carbocycles. The topological polar surface area (TPSA) is 67.9 Å². The average molecular weight is 379 g/mol. The minimum absolute atomic E-state index is 0.232. The second-order valence-corrected chi connectivity index (χ2v) is 7.36. The molecule has 1 aromatic rings. The van der Waals surface area contributed by atoms with Crippen molar-refractivity contribution in [2.24, 2.45) is 5.92 Å². The average Bonchev–Trinajstić information content (AvgIpc) is 2.66. The highest BCUT2D eigenvalue weighted by atomic mass is 16.6. The molecule has 6 heteroatoms. The van der Waals surface area contributed by atoms with Crippen LogP contribution in [-0.4, -0.2) is 49.3 Å². The number of esters is 1. The van der Waals surface area contributed by atoms with Crippen molar-refractivity contribution >= 4 is 17.7 Å². The van der Waals surface area contributed by atoms with Crippen LogP contribution in [0.3, 0.4) is 0 Å². The summed E-state index contributed by atoms with van der Waals surface area (Å²) in [6.45, 7) is 11.9. The Labute approximate surface area is 163 Å². The Balaban J connectivity index is 0.00000176. The number of methoxy groups -OCH3 is 1. The minimum atomic E-state index is -0.458. The third-order valence-electron chi connectivity index (χ3n) is 4.14. The number of piperidine rings is 1. The summed E-state index contributed by atoms with van der Waals surface area (Å²) in [5.41, 5.74) is 0.977. The summed E-state index contributed by atoms with van der Waals surface area (Å²) in [5.74, 6) is 0.148. The predicted molar refractivity (Wildman–Crippen MR) is 108 cm³/mol. The summed E-state index contributed by atoms with van der Waals surface area (Å²) in [5, 5.41) is 3.37. The maximum Gasteiger partial charge on any atom is 0.410 e. The number of amides is 1.